The quantitative estimate of drug-likeness (QED) is 0.747. The number of pyridine rings is 1. The number of carbonyl (C=O) groups excluding carboxylic acids is 1. The van der Waals surface area contributed by atoms with E-state index >= 15 is 0 Å². The van der Waals surface area contributed by atoms with Crippen molar-refractivity contribution >= 4 is 11.9 Å². The number of amides is 1. The van der Waals surface area contributed by atoms with E-state index in [2.05, 4.69) is 15.3 Å². The zero-order valence-corrected chi connectivity index (χ0v) is 11.4. The van der Waals surface area contributed by atoms with Gasteiger partial charge < -0.3 is 10.4 Å². The second kappa shape index (κ2) is 7.18. The van der Waals surface area contributed by atoms with Crippen molar-refractivity contribution in [2.45, 2.75) is 19.3 Å². The molecule has 7 heteroatoms. The molecule has 0 atom stereocenters. The second-order valence-electron chi connectivity index (χ2n) is 4.48. The third-order valence-electron chi connectivity index (χ3n) is 2.88. The fourth-order valence-corrected chi connectivity index (χ4v) is 1.77. The summed E-state index contributed by atoms with van der Waals surface area (Å²) in [5.41, 5.74) is 0.470. The van der Waals surface area contributed by atoms with Gasteiger partial charge in [0.2, 0.25) is 0 Å². The van der Waals surface area contributed by atoms with Crippen LogP contribution in [0.1, 0.15) is 29.6 Å². The van der Waals surface area contributed by atoms with Crippen LogP contribution in [-0.2, 0) is 4.79 Å². The van der Waals surface area contributed by atoms with Crippen molar-refractivity contribution < 1.29 is 14.7 Å². The van der Waals surface area contributed by atoms with Crippen LogP contribution in [0.5, 0.6) is 0 Å². The SMILES string of the molecule is O=C(O)CCCCNC(=O)c1ccc(-n2ccnc2)nc1. The van der Waals surface area contributed by atoms with Crippen molar-refractivity contribution in [2.75, 3.05) is 6.54 Å². The summed E-state index contributed by atoms with van der Waals surface area (Å²) in [5, 5.41) is 11.2. The molecular formula is C14H16N4O3. The Morgan fingerprint density at radius 1 is 1.29 bits per heavy atom. The number of rotatable bonds is 7. The Labute approximate surface area is 121 Å². The first-order chi connectivity index (χ1) is 10.2. The molecule has 7 nitrogen and oxygen atoms in total. The highest BCUT2D eigenvalue weighted by Gasteiger charge is 2.06. The summed E-state index contributed by atoms with van der Waals surface area (Å²) in [6.07, 6.45) is 7.86. The van der Waals surface area contributed by atoms with Crippen molar-refractivity contribution in [3.05, 3.63) is 42.6 Å². The van der Waals surface area contributed by atoms with Crippen LogP contribution in [0.2, 0.25) is 0 Å². The lowest BCUT2D eigenvalue weighted by atomic mass is 10.2. The topological polar surface area (TPSA) is 97.1 Å². The average Bonchev–Trinajstić information content (AvgIpc) is 3.01. The van der Waals surface area contributed by atoms with E-state index in [1.807, 2.05) is 0 Å². The zero-order valence-electron chi connectivity index (χ0n) is 11.4. The van der Waals surface area contributed by atoms with E-state index in [9.17, 15) is 9.59 Å². The highest BCUT2D eigenvalue weighted by atomic mass is 16.4. The van der Waals surface area contributed by atoms with Gasteiger partial charge in [-0.25, -0.2) is 9.97 Å². The van der Waals surface area contributed by atoms with E-state index < -0.39 is 5.97 Å². The molecule has 2 rings (SSSR count). The highest BCUT2D eigenvalue weighted by Crippen LogP contribution is 2.05. The minimum Gasteiger partial charge on any atom is -0.481 e. The number of carboxylic acids is 1. The van der Waals surface area contributed by atoms with Crippen molar-refractivity contribution in [1.29, 1.82) is 0 Å². The van der Waals surface area contributed by atoms with Gasteiger partial charge in [0.1, 0.15) is 12.1 Å². The molecule has 2 aromatic heterocycles. The summed E-state index contributed by atoms with van der Waals surface area (Å²) in [7, 11) is 0. The molecule has 110 valence electrons. The van der Waals surface area contributed by atoms with Crippen LogP contribution in [0.15, 0.2) is 37.1 Å². The van der Waals surface area contributed by atoms with Gasteiger partial charge in [-0.2, -0.15) is 0 Å². The normalized spacial score (nSPS) is 10.3. The summed E-state index contributed by atoms with van der Waals surface area (Å²) in [6.45, 7) is 0.454. The Kier molecular flexibility index (Phi) is 5.03. The molecule has 0 aromatic carbocycles. The van der Waals surface area contributed by atoms with Gasteiger partial charge in [-0.1, -0.05) is 0 Å². The lowest BCUT2D eigenvalue weighted by Gasteiger charge is -2.05. The molecule has 0 spiro atoms. The average molecular weight is 288 g/mol. The first-order valence-electron chi connectivity index (χ1n) is 6.61. The number of imidazole rings is 1. The summed E-state index contributed by atoms with van der Waals surface area (Å²) >= 11 is 0. The van der Waals surface area contributed by atoms with Gasteiger partial charge >= 0.3 is 5.97 Å². The molecule has 1 amide bonds. The zero-order chi connectivity index (χ0) is 15.1. The van der Waals surface area contributed by atoms with Crippen LogP contribution in [0.3, 0.4) is 0 Å². The molecule has 2 aromatic rings. The van der Waals surface area contributed by atoms with Crippen LogP contribution < -0.4 is 5.32 Å². The van der Waals surface area contributed by atoms with Gasteiger partial charge in [-0.15, -0.1) is 0 Å². The van der Waals surface area contributed by atoms with Crippen LogP contribution in [0.4, 0.5) is 0 Å². The molecule has 0 aliphatic heterocycles. The van der Waals surface area contributed by atoms with Gasteiger partial charge in [-0.3, -0.25) is 14.2 Å². The molecule has 2 heterocycles. The maximum Gasteiger partial charge on any atom is 0.303 e. The molecule has 0 unspecified atom stereocenters. The molecule has 0 saturated carbocycles. The van der Waals surface area contributed by atoms with E-state index in [4.69, 9.17) is 5.11 Å². The Morgan fingerprint density at radius 3 is 2.76 bits per heavy atom. The maximum absolute atomic E-state index is 11.9. The van der Waals surface area contributed by atoms with Gasteiger partial charge in [-0.05, 0) is 25.0 Å². The molecule has 0 radical (unpaired) electrons. The summed E-state index contributed by atoms with van der Waals surface area (Å²) in [6, 6.07) is 3.43. The first kappa shape index (κ1) is 14.7. The Hall–Kier alpha value is -2.70. The second-order valence-corrected chi connectivity index (χ2v) is 4.48. The predicted molar refractivity (Wildman–Crippen MR) is 75.2 cm³/mol. The highest BCUT2D eigenvalue weighted by molar-refractivity contribution is 5.93. The van der Waals surface area contributed by atoms with Crippen LogP contribution in [-0.4, -0.2) is 38.1 Å². The number of unbranched alkanes of at least 4 members (excludes halogenated alkanes) is 1. The van der Waals surface area contributed by atoms with Gasteiger partial charge in [0.25, 0.3) is 5.91 Å². The molecule has 21 heavy (non-hydrogen) atoms. The third kappa shape index (κ3) is 4.41. The number of hydrogen-bond acceptors (Lipinski definition) is 4. The molecule has 2 N–H and O–H groups in total. The van der Waals surface area contributed by atoms with Crippen molar-refractivity contribution in [2.24, 2.45) is 0 Å². The molecule has 0 aliphatic rings. The standard InChI is InChI=1S/C14H16N4O3/c19-13(20)3-1-2-6-16-14(21)11-4-5-12(17-9-11)18-8-7-15-10-18/h4-5,7-10H,1-3,6H2,(H,16,21)(H,19,20). The summed E-state index contributed by atoms with van der Waals surface area (Å²) in [5.74, 6) is -0.346. The molecular weight excluding hydrogens is 272 g/mol. The van der Waals surface area contributed by atoms with Crippen molar-refractivity contribution in [1.82, 2.24) is 19.9 Å². The number of nitrogens with zero attached hydrogens (tertiary/aromatic N) is 3. The lowest BCUT2D eigenvalue weighted by molar-refractivity contribution is -0.137. The Morgan fingerprint density at radius 2 is 2.14 bits per heavy atom. The Balaban J connectivity index is 1.81. The Bertz CT molecular complexity index is 593. The van der Waals surface area contributed by atoms with Crippen molar-refractivity contribution in [3.8, 4) is 5.82 Å². The minimum absolute atomic E-state index is 0.122. The lowest BCUT2D eigenvalue weighted by Crippen LogP contribution is -2.24. The van der Waals surface area contributed by atoms with Crippen LogP contribution in [0, 0.1) is 0 Å². The van der Waals surface area contributed by atoms with E-state index in [1.54, 1.807) is 35.4 Å². The number of nitrogens with one attached hydrogen (secondary N) is 1. The molecule has 0 fully saturated rings. The van der Waals surface area contributed by atoms with E-state index in [-0.39, 0.29) is 12.3 Å². The summed E-state index contributed by atoms with van der Waals surface area (Å²) in [4.78, 5) is 30.3. The monoisotopic (exact) mass is 288 g/mol. The number of carbonyl (C=O) groups is 2. The number of carboxylic acid groups (broad SMARTS) is 1. The fraction of sp³-hybridized carbons (Fsp3) is 0.286. The minimum atomic E-state index is -0.819. The van der Waals surface area contributed by atoms with E-state index in [0.29, 0.717) is 30.8 Å². The number of aliphatic carboxylic acids is 1. The molecule has 0 aliphatic carbocycles. The maximum atomic E-state index is 11.9. The smallest absolute Gasteiger partial charge is 0.303 e. The van der Waals surface area contributed by atoms with Gasteiger partial charge in [0, 0.05) is 31.6 Å². The van der Waals surface area contributed by atoms with E-state index in [1.165, 1.54) is 6.20 Å². The van der Waals surface area contributed by atoms with E-state index in [0.717, 1.165) is 0 Å². The first-order valence-corrected chi connectivity index (χ1v) is 6.61. The fourth-order valence-electron chi connectivity index (χ4n) is 1.77. The predicted octanol–water partition coefficient (Wildman–Crippen LogP) is 1.25. The number of hydrogen-bond donors (Lipinski definition) is 2. The van der Waals surface area contributed by atoms with Crippen LogP contribution >= 0.6 is 0 Å². The number of aromatic nitrogens is 3. The van der Waals surface area contributed by atoms with Crippen LogP contribution in [0.25, 0.3) is 5.82 Å². The largest absolute Gasteiger partial charge is 0.481 e. The van der Waals surface area contributed by atoms with Crippen molar-refractivity contribution in [3.63, 3.8) is 0 Å². The van der Waals surface area contributed by atoms with Gasteiger partial charge in [0.15, 0.2) is 0 Å². The third-order valence-corrected chi connectivity index (χ3v) is 2.88. The molecule has 0 saturated heterocycles. The van der Waals surface area contributed by atoms with Gasteiger partial charge in [0.05, 0.1) is 5.56 Å². The molecule has 0 bridgehead atoms. The summed E-state index contributed by atoms with van der Waals surface area (Å²) < 4.78 is 1.74.